The Labute approximate surface area is 221 Å². The molecule has 1 aromatic heterocycles. The van der Waals surface area contributed by atoms with Gasteiger partial charge in [-0.3, -0.25) is 9.69 Å². The van der Waals surface area contributed by atoms with Gasteiger partial charge in [0.25, 0.3) is 0 Å². The molecule has 2 aromatic carbocycles. The Kier molecular flexibility index (Phi) is 8.52. The molecule has 3 aromatic rings. The molecular weight excluding hydrogens is 520 g/mol. The Morgan fingerprint density at radius 2 is 1.89 bits per heavy atom. The van der Waals surface area contributed by atoms with Gasteiger partial charge in [-0.2, -0.15) is 4.31 Å². The van der Waals surface area contributed by atoms with Crippen molar-refractivity contribution in [3.63, 3.8) is 0 Å². The van der Waals surface area contributed by atoms with E-state index >= 15 is 0 Å². The van der Waals surface area contributed by atoms with E-state index in [0.717, 1.165) is 17.8 Å². The summed E-state index contributed by atoms with van der Waals surface area (Å²) in [7, 11) is -2.27. The number of para-hydroxylation sites is 1. The molecule has 0 N–H and O–H groups in total. The van der Waals surface area contributed by atoms with Crippen molar-refractivity contribution >= 4 is 54.2 Å². The van der Waals surface area contributed by atoms with Crippen LogP contribution in [0.15, 0.2) is 47.4 Å². The molecule has 2 heterocycles. The van der Waals surface area contributed by atoms with Crippen LogP contribution in [0.25, 0.3) is 10.2 Å². The van der Waals surface area contributed by atoms with Crippen LogP contribution in [0.3, 0.4) is 0 Å². The summed E-state index contributed by atoms with van der Waals surface area (Å²) in [6, 6.07) is 10.9. The van der Waals surface area contributed by atoms with Crippen LogP contribution in [0.5, 0.6) is 5.75 Å². The predicted molar refractivity (Wildman–Crippen MR) is 145 cm³/mol. The maximum absolute atomic E-state index is 14.0. The summed E-state index contributed by atoms with van der Waals surface area (Å²) >= 11 is 7.37. The lowest BCUT2D eigenvalue weighted by molar-refractivity contribution is -0.121. The molecule has 36 heavy (non-hydrogen) atoms. The summed E-state index contributed by atoms with van der Waals surface area (Å²) in [5.74, 6) is 0.383. The zero-order chi connectivity index (χ0) is 25.9. The molecule has 1 aliphatic heterocycles. The number of likely N-dealkylation sites (N-methyl/N-ethyl adjacent to an activating group) is 1. The summed E-state index contributed by atoms with van der Waals surface area (Å²) in [5.41, 5.74) is 0.692. The van der Waals surface area contributed by atoms with E-state index in [0.29, 0.717) is 53.9 Å². The molecule has 1 fully saturated rings. The number of fused-ring (bicyclic) bond motifs is 1. The average molecular weight is 551 g/mol. The van der Waals surface area contributed by atoms with Gasteiger partial charge in [-0.1, -0.05) is 42.9 Å². The Hall–Kier alpha value is -2.24. The maximum atomic E-state index is 14.0. The molecule has 1 unspecified atom stereocenters. The van der Waals surface area contributed by atoms with Gasteiger partial charge in [-0.25, -0.2) is 13.4 Å². The van der Waals surface area contributed by atoms with Crippen molar-refractivity contribution in [1.29, 1.82) is 0 Å². The minimum atomic E-state index is -3.86. The largest absolute Gasteiger partial charge is 0.494 e. The molecule has 0 spiro atoms. The zero-order valence-corrected chi connectivity index (χ0v) is 23.1. The molecule has 0 aliphatic carbocycles. The first-order valence-corrected chi connectivity index (χ1v) is 14.7. The molecule has 8 nitrogen and oxygen atoms in total. The first-order chi connectivity index (χ1) is 17.3. The number of hydrogen-bond donors (Lipinski definition) is 0. The lowest BCUT2D eigenvalue weighted by Crippen LogP contribution is -2.49. The van der Waals surface area contributed by atoms with E-state index in [1.54, 1.807) is 24.1 Å². The van der Waals surface area contributed by atoms with Gasteiger partial charge in [0, 0.05) is 24.7 Å². The van der Waals surface area contributed by atoms with Gasteiger partial charge in [-0.05, 0) is 62.3 Å². The summed E-state index contributed by atoms with van der Waals surface area (Å²) in [6.45, 7) is 7.22. The molecule has 0 radical (unpaired) electrons. The van der Waals surface area contributed by atoms with E-state index in [-0.39, 0.29) is 10.8 Å². The Bertz CT molecular complexity index is 1310. The van der Waals surface area contributed by atoms with Gasteiger partial charge in [0.1, 0.15) is 17.3 Å². The lowest BCUT2D eigenvalue weighted by atomic mass is 10.2. The number of sulfonamides is 1. The number of nitrogens with zero attached hydrogens (tertiary/aromatic N) is 4. The van der Waals surface area contributed by atoms with Crippen LogP contribution in [0.1, 0.15) is 26.7 Å². The van der Waals surface area contributed by atoms with E-state index in [9.17, 15) is 13.2 Å². The van der Waals surface area contributed by atoms with Gasteiger partial charge in [0.15, 0.2) is 5.13 Å². The number of benzene rings is 2. The number of amides is 1. The molecule has 0 bridgehead atoms. The highest BCUT2D eigenvalue weighted by Crippen LogP contribution is 2.36. The summed E-state index contributed by atoms with van der Waals surface area (Å²) in [5, 5.41) is 0.999. The topological polar surface area (TPSA) is 83.0 Å². The molecule has 1 amide bonds. The minimum Gasteiger partial charge on any atom is -0.494 e. The van der Waals surface area contributed by atoms with Gasteiger partial charge in [0.05, 0.1) is 16.7 Å². The number of aromatic nitrogens is 1. The van der Waals surface area contributed by atoms with Crippen molar-refractivity contribution in [1.82, 2.24) is 14.2 Å². The Balaban J connectivity index is 1.69. The number of carbonyl (C=O) groups is 1. The Morgan fingerprint density at radius 3 is 2.56 bits per heavy atom. The normalized spacial score (nSPS) is 16.6. The standard InChI is InChI=1S/C25H31ClN4O4S2/c1-4-28(5-2)16-17-29(25-27-23-21(34-3)9-6-10-22(23)35-25)24(31)20-8-7-15-30(20)36(32,33)19-13-11-18(26)12-14-19/h6,9-14,20H,4-5,7-8,15-17H2,1-3H3. The number of hydrogen-bond acceptors (Lipinski definition) is 7. The highest BCUT2D eigenvalue weighted by molar-refractivity contribution is 7.89. The van der Waals surface area contributed by atoms with Crippen molar-refractivity contribution in [2.75, 3.05) is 44.7 Å². The molecule has 194 valence electrons. The van der Waals surface area contributed by atoms with Crippen LogP contribution < -0.4 is 9.64 Å². The zero-order valence-electron chi connectivity index (χ0n) is 20.7. The van der Waals surface area contributed by atoms with Gasteiger partial charge in [0.2, 0.25) is 15.9 Å². The molecule has 1 saturated heterocycles. The molecule has 11 heteroatoms. The number of anilines is 1. The summed E-state index contributed by atoms with van der Waals surface area (Å²) in [6.07, 6.45) is 1.07. The lowest BCUT2D eigenvalue weighted by Gasteiger charge is -2.30. The molecule has 1 aliphatic rings. The van der Waals surface area contributed by atoms with Crippen LogP contribution in [0.2, 0.25) is 5.02 Å². The summed E-state index contributed by atoms with van der Waals surface area (Å²) in [4.78, 5) is 22.8. The average Bonchev–Trinajstić information content (AvgIpc) is 3.54. The first-order valence-electron chi connectivity index (χ1n) is 12.0. The second-order valence-corrected chi connectivity index (χ2v) is 11.9. The van der Waals surface area contributed by atoms with Gasteiger partial charge in [-0.15, -0.1) is 0 Å². The third-order valence-corrected chi connectivity index (χ3v) is 9.75. The van der Waals surface area contributed by atoms with E-state index in [4.69, 9.17) is 21.3 Å². The van der Waals surface area contributed by atoms with Crippen LogP contribution in [-0.4, -0.2) is 74.4 Å². The predicted octanol–water partition coefficient (Wildman–Crippen LogP) is 4.49. The van der Waals surface area contributed by atoms with Crippen molar-refractivity contribution in [2.24, 2.45) is 0 Å². The van der Waals surface area contributed by atoms with Crippen molar-refractivity contribution in [2.45, 2.75) is 37.6 Å². The number of thiazole rings is 1. The fourth-order valence-electron chi connectivity index (χ4n) is 4.47. The highest BCUT2D eigenvalue weighted by atomic mass is 35.5. The van der Waals surface area contributed by atoms with Crippen molar-refractivity contribution in [3.8, 4) is 5.75 Å². The van der Waals surface area contributed by atoms with Crippen molar-refractivity contribution < 1.29 is 17.9 Å². The van der Waals surface area contributed by atoms with Crippen molar-refractivity contribution in [3.05, 3.63) is 47.5 Å². The third kappa shape index (κ3) is 5.38. The van der Waals surface area contributed by atoms with E-state index in [1.807, 2.05) is 18.2 Å². The van der Waals surface area contributed by atoms with Gasteiger partial charge >= 0.3 is 0 Å². The number of halogens is 1. The van der Waals surface area contributed by atoms with Crippen LogP contribution in [0, 0.1) is 0 Å². The minimum absolute atomic E-state index is 0.131. The fourth-order valence-corrected chi connectivity index (χ4v) is 7.26. The second kappa shape index (κ2) is 11.4. The first kappa shape index (κ1) is 26.8. The van der Waals surface area contributed by atoms with Crippen LogP contribution >= 0.6 is 22.9 Å². The SMILES string of the molecule is CCN(CC)CCN(C(=O)C1CCCN1S(=O)(=O)c1ccc(Cl)cc1)c1nc2c(OC)cccc2s1. The Morgan fingerprint density at radius 1 is 1.17 bits per heavy atom. The molecule has 4 rings (SSSR count). The highest BCUT2D eigenvalue weighted by Gasteiger charge is 2.42. The second-order valence-electron chi connectivity index (χ2n) is 8.55. The molecular formula is C25H31ClN4O4S2. The number of methoxy groups -OCH3 is 1. The molecule has 1 atom stereocenters. The number of ether oxygens (including phenoxy) is 1. The number of carbonyl (C=O) groups excluding carboxylic acids is 1. The van der Waals surface area contributed by atoms with Gasteiger partial charge < -0.3 is 9.64 Å². The van der Waals surface area contributed by atoms with Crippen LogP contribution in [-0.2, 0) is 14.8 Å². The summed E-state index contributed by atoms with van der Waals surface area (Å²) < 4.78 is 34.7. The number of rotatable bonds is 10. The monoisotopic (exact) mass is 550 g/mol. The quantitative estimate of drug-likeness (QED) is 0.370. The van der Waals surface area contributed by atoms with E-state index in [1.165, 1.54) is 27.8 Å². The third-order valence-electron chi connectivity index (χ3n) is 6.53. The van der Waals surface area contributed by atoms with E-state index < -0.39 is 16.1 Å². The smallest absolute Gasteiger partial charge is 0.247 e. The fraction of sp³-hybridized carbons (Fsp3) is 0.440. The molecule has 0 saturated carbocycles. The van der Waals surface area contributed by atoms with Crippen LogP contribution in [0.4, 0.5) is 5.13 Å². The van der Waals surface area contributed by atoms with E-state index in [2.05, 4.69) is 18.7 Å². The maximum Gasteiger partial charge on any atom is 0.247 e.